The van der Waals surface area contributed by atoms with Gasteiger partial charge in [0.1, 0.15) is 0 Å². The summed E-state index contributed by atoms with van der Waals surface area (Å²) in [6.45, 7) is 2.03. The van der Waals surface area contributed by atoms with Gasteiger partial charge in [-0.15, -0.1) is 0 Å². The summed E-state index contributed by atoms with van der Waals surface area (Å²) in [4.78, 5) is 13.4. The molecule has 1 saturated heterocycles. The number of rotatable bonds is 3. The summed E-state index contributed by atoms with van der Waals surface area (Å²) in [7, 11) is 0. The maximum Gasteiger partial charge on any atom is 0.217 e. The average Bonchev–Trinajstić information content (AvgIpc) is 2.54. The molecular weight excluding hydrogens is 228 g/mol. The molecule has 1 aliphatic carbocycles. The van der Waals surface area contributed by atoms with E-state index in [2.05, 4.69) is 4.90 Å². The van der Waals surface area contributed by atoms with Gasteiger partial charge in [0.25, 0.3) is 0 Å². The number of aliphatic hydroxyl groups is 1. The number of likely N-dealkylation sites (tertiary alicyclic amines) is 1. The van der Waals surface area contributed by atoms with Crippen LogP contribution in [0.25, 0.3) is 0 Å². The summed E-state index contributed by atoms with van der Waals surface area (Å²) in [6.07, 6.45) is 8.21. The van der Waals surface area contributed by atoms with E-state index >= 15 is 0 Å². The zero-order chi connectivity index (χ0) is 13.0. The third-order valence-electron chi connectivity index (χ3n) is 4.55. The number of piperidine rings is 1. The van der Waals surface area contributed by atoms with Crippen molar-refractivity contribution in [2.75, 3.05) is 13.1 Å². The molecule has 0 aromatic rings. The molecule has 0 radical (unpaired) electrons. The molecule has 1 saturated carbocycles. The van der Waals surface area contributed by atoms with E-state index in [9.17, 15) is 9.90 Å². The molecule has 2 unspecified atom stereocenters. The molecule has 4 heteroatoms. The lowest BCUT2D eigenvalue weighted by Gasteiger charge is -2.39. The van der Waals surface area contributed by atoms with E-state index in [0.29, 0.717) is 18.4 Å². The molecule has 0 aromatic heterocycles. The Hall–Kier alpha value is -0.610. The first-order valence-electron chi connectivity index (χ1n) is 7.37. The van der Waals surface area contributed by atoms with Crippen molar-refractivity contribution in [2.45, 2.75) is 63.5 Å². The molecule has 0 aromatic carbocycles. The van der Waals surface area contributed by atoms with E-state index < -0.39 is 0 Å². The summed E-state index contributed by atoms with van der Waals surface area (Å²) < 4.78 is 0. The highest BCUT2D eigenvalue weighted by Gasteiger charge is 2.30. The van der Waals surface area contributed by atoms with Gasteiger partial charge in [0.15, 0.2) is 0 Å². The maximum absolute atomic E-state index is 10.9. The maximum atomic E-state index is 10.9. The number of amides is 1. The largest absolute Gasteiger partial charge is 0.391 e. The number of nitrogens with zero attached hydrogens (tertiary/aromatic N) is 1. The number of hydrogen-bond donors (Lipinski definition) is 2. The quantitative estimate of drug-likeness (QED) is 0.745. The molecule has 1 heterocycles. The molecule has 0 bridgehead atoms. The first kappa shape index (κ1) is 13.8. The van der Waals surface area contributed by atoms with Crippen LogP contribution in [0.3, 0.4) is 0 Å². The Morgan fingerprint density at radius 3 is 2.44 bits per heavy atom. The molecule has 0 spiro atoms. The van der Waals surface area contributed by atoms with Crippen LogP contribution in [-0.2, 0) is 4.79 Å². The number of hydrogen-bond acceptors (Lipinski definition) is 3. The van der Waals surface area contributed by atoms with Crippen molar-refractivity contribution in [3.05, 3.63) is 0 Å². The molecule has 4 nitrogen and oxygen atoms in total. The van der Waals surface area contributed by atoms with Gasteiger partial charge in [-0.2, -0.15) is 0 Å². The number of carbonyl (C=O) groups is 1. The molecule has 2 aliphatic rings. The lowest BCUT2D eigenvalue weighted by molar-refractivity contribution is -0.119. The van der Waals surface area contributed by atoms with E-state index in [1.165, 1.54) is 12.8 Å². The van der Waals surface area contributed by atoms with Crippen molar-refractivity contribution in [3.63, 3.8) is 0 Å². The van der Waals surface area contributed by atoms with E-state index in [1.807, 2.05) is 0 Å². The predicted octanol–water partition coefficient (Wildman–Crippen LogP) is 1.27. The van der Waals surface area contributed by atoms with Crippen LogP contribution in [0.1, 0.15) is 51.4 Å². The lowest BCUT2D eigenvalue weighted by atomic mass is 9.91. The number of nitrogens with two attached hydrogens (primary N) is 1. The zero-order valence-corrected chi connectivity index (χ0v) is 11.2. The highest BCUT2D eigenvalue weighted by Crippen LogP contribution is 2.27. The third kappa shape index (κ3) is 3.69. The van der Waals surface area contributed by atoms with E-state index in [4.69, 9.17) is 5.73 Å². The number of primary amides is 1. The van der Waals surface area contributed by atoms with Crippen molar-refractivity contribution in [2.24, 2.45) is 11.7 Å². The van der Waals surface area contributed by atoms with E-state index in [-0.39, 0.29) is 12.0 Å². The van der Waals surface area contributed by atoms with Crippen LogP contribution in [0, 0.1) is 5.92 Å². The minimum absolute atomic E-state index is 0.153. The molecule has 2 fully saturated rings. The van der Waals surface area contributed by atoms with Gasteiger partial charge in [0, 0.05) is 12.5 Å². The van der Waals surface area contributed by atoms with Gasteiger partial charge in [-0.05, 0) is 44.7 Å². The highest BCUT2D eigenvalue weighted by atomic mass is 16.3. The Morgan fingerprint density at radius 1 is 1.11 bits per heavy atom. The van der Waals surface area contributed by atoms with Crippen molar-refractivity contribution in [1.29, 1.82) is 0 Å². The molecule has 1 amide bonds. The van der Waals surface area contributed by atoms with Crippen LogP contribution in [0.5, 0.6) is 0 Å². The second-order valence-corrected chi connectivity index (χ2v) is 5.92. The third-order valence-corrected chi connectivity index (χ3v) is 4.55. The van der Waals surface area contributed by atoms with Gasteiger partial charge in [-0.3, -0.25) is 9.69 Å². The number of carbonyl (C=O) groups excluding carboxylic acids is 1. The summed E-state index contributed by atoms with van der Waals surface area (Å²) in [5.74, 6) is 0.282. The van der Waals surface area contributed by atoms with Crippen LogP contribution in [-0.4, -0.2) is 41.1 Å². The number of aliphatic hydroxyl groups excluding tert-OH is 1. The van der Waals surface area contributed by atoms with Crippen LogP contribution in [0.4, 0.5) is 0 Å². The molecule has 2 atom stereocenters. The van der Waals surface area contributed by atoms with E-state index in [0.717, 1.165) is 45.2 Å². The molecule has 18 heavy (non-hydrogen) atoms. The summed E-state index contributed by atoms with van der Waals surface area (Å²) in [5, 5.41) is 10.2. The van der Waals surface area contributed by atoms with Crippen molar-refractivity contribution in [3.8, 4) is 0 Å². The first-order chi connectivity index (χ1) is 8.66. The van der Waals surface area contributed by atoms with Gasteiger partial charge >= 0.3 is 0 Å². The first-order valence-corrected chi connectivity index (χ1v) is 7.37. The summed E-state index contributed by atoms with van der Waals surface area (Å²) in [6, 6.07) is 0.349. The second kappa shape index (κ2) is 6.53. The average molecular weight is 254 g/mol. The monoisotopic (exact) mass is 254 g/mol. The fourth-order valence-corrected chi connectivity index (χ4v) is 3.47. The van der Waals surface area contributed by atoms with Gasteiger partial charge in [-0.1, -0.05) is 19.3 Å². The minimum Gasteiger partial charge on any atom is -0.391 e. The normalized spacial score (nSPS) is 32.1. The van der Waals surface area contributed by atoms with Crippen LogP contribution in [0.15, 0.2) is 0 Å². The van der Waals surface area contributed by atoms with E-state index in [1.54, 1.807) is 0 Å². The summed E-state index contributed by atoms with van der Waals surface area (Å²) in [5.41, 5.74) is 5.25. The zero-order valence-electron chi connectivity index (χ0n) is 11.2. The van der Waals surface area contributed by atoms with Gasteiger partial charge in [-0.25, -0.2) is 0 Å². The summed E-state index contributed by atoms with van der Waals surface area (Å²) >= 11 is 0. The fraction of sp³-hybridized carbons (Fsp3) is 0.929. The molecule has 1 aliphatic heterocycles. The van der Waals surface area contributed by atoms with Crippen molar-refractivity contribution >= 4 is 5.91 Å². The van der Waals surface area contributed by atoms with Gasteiger partial charge in [0.2, 0.25) is 5.91 Å². The highest BCUT2D eigenvalue weighted by molar-refractivity contribution is 5.73. The Balaban J connectivity index is 1.82. The molecular formula is C14H26N2O2. The topological polar surface area (TPSA) is 66.6 Å². The SMILES string of the molecule is NC(=O)CC1CCN(C2CCCCCC2O)CC1. The Kier molecular flexibility index (Phi) is 5.01. The second-order valence-electron chi connectivity index (χ2n) is 5.92. The van der Waals surface area contributed by atoms with Gasteiger partial charge < -0.3 is 10.8 Å². The Morgan fingerprint density at radius 2 is 1.78 bits per heavy atom. The van der Waals surface area contributed by atoms with Crippen molar-refractivity contribution < 1.29 is 9.90 Å². The van der Waals surface area contributed by atoms with Crippen LogP contribution in [0.2, 0.25) is 0 Å². The smallest absolute Gasteiger partial charge is 0.217 e. The fourth-order valence-electron chi connectivity index (χ4n) is 3.47. The molecule has 104 valence electrons. The standard InChI is InChI=1S/C14H26N2O2/c15-14(18)10-11-6-8-16(9-7-11)12-4-2-1-3-5-13(12)17/h11-13,17H,1-10H2,(H2,15,18). The predicted molar refractivity (Wildman–Crippen MR) is 71.0 cm³/mol. The van der Waals surface area contributed by atoms with Gasteiger partial charge in [0.05, 0.1) is 6.10 Å². The van der Waals surface area contributed by atoms with Crippen LogP contribution >= 0.6 is 0 Å². The Bertz CT molecular complexity index is 275. The van der Waals surface area contributed by atoms with Crippen molar-refractivity contribution in [1.82, 2.24) is 4.90 Å². The Labute approximate surface area is 110 Å². The molecule has 2 rings (SSSR count). The minimum atomic E-state index is -0.178. The lowest BCUT2D eigenvalue weighted by Crippen LogP contribution is -2.47. The van der Waals surface area contributed by atoms with Crippen LogP contribution < -0.4 is 5.73 Å². The molecule has 3 N–H and O–H groups in total.